The molecule has 1 amide bonds. The predicted molar refractivity (Wildman–Crippen MR) is 109 cm³/mol. The topological polar surface area (TPSA) is 50.8 Å². The molecule has 2 atom stereocenters. The van der Waals surface area contributed by atoms with Crippen LogP contribution in [-0.2, 0) is 4.79 Å². The Bertz CT molecular complexity index is 856. The second-order valence-corrected chi connectivity index (χ2v) is 7.73. The van der Waals surface area contributed by atoms with Gasteiger partial charge in [0.25, 0.3) is 0 Å². The highest BCUT2D eigenvalue weighted by Crippen LogP contribution is 2.37. The monoisotopic (exact) mass is 398 g/mol. The third-order valence-corrected chi connectivity index (χ3v) is 5.61. The molecule has 0 aromatic heterocycles. The van der Waals surface area contributed by atoms with Crippen LogP contribution < -0.4 is 14.8 Å². The summed E-state index contributed by atoms with van der Waals surface area (Å²) in [5.41, 5.74) is 2.05. The third-order valence-electron chi connectivity index (χ3n) is 5.61. The van der Waals surface area contributed by atoms with Gasteiger partial charge in [0.2, 0.25) is 5.91 Å². The van der Waals surface area contributed by atoms with E-state index in [0.717, 1.165) is 48.4 Å². The number of hydrogen-bond acceptors (Lipinski definition) is 4. The number of carbonyl (C=O) groups excluding carboxylic acids is 1. The average molecular weight is 398 g/mol. The Balaban J connectivity index is 1.40. The van der Waals surface area contributed by atoms with Crippen LogP contribution in [0.4, 0.5) is 4.39 Å². The van der Waals surface area contributed by atoms with Crippen molar-refractivity contribution in [3.8, 4) is 11.5 Å². The van der Waals surface area contributed by atoms with Gasteiger partial charge in [-0.3, -0.25) is 9.69 Å². The Hall–Kier alpha value is -2.60. The zero-order valence-corrected chi connectivity index (χ0v) is 16.7. The number of ether oxygens (including phenoxy) is 2. The van der Waals surface area contributed by atoms with Crippen LogP contribution in [0.5, 0.6) is 11.5 Å². The molecule has 6 heteroatoms. The molecule has 0 saturated carbocycles. The van der Waals surface area contributed by atoms with Gasteiger partial charge in [-0.2, -0.15) is 0 Å². The highest BCUT2D eigenvalue weighted by Gasteiger charge is 2.29. The van der Waals surface area contributed by atoms with E-state index in [1.807, 2.05) is 13.0 Å². The molecule has 2 aliphatic rings. The van der Waals surface area contributed by atoms with Gasteiger partial charge in [0.15, 0.2) is 11.5 Å². The summed E-state index contributed by atoms with van der Waals surface area (Å²) in [4.78, 5) is 14.8. The zero-order chi connectivity index (χ0) is 20.2. The fourth-order valence-electron chi connectivity index (χ4n) is 4.09. The van der Waals surface area contributed by atoms with Gasteiger partial charge in [-0.05, 0) is 61.7 Å². The lowest BCUT2D eigenvalue weighted by atomic mass is 10.0. The van der Waals surface area contributed by atoms with Crippen molar-refractivity contribution >= 4 is 5.91 Å². The van der Waals surface area contributed by atoms with Crippen LogP contribution in [0, 0.1) is 5.82 Å². The number of halogens is 1. The first-order valence-corrected chi connectivity index (χ1v) is 10.3. The highest BCUT2D eigenvalue weighted by atomic mass is 19.1. The summed E-state index contributed by atoms with van der Waals surface area (Å²) in [6.45, 7) is 4.47. The molecule has 0 spiro atoms. The number of fused-ring (bicyclic) bond motifs is 1. The smallest absolute Gasteiger partial charge is 0.234 e. The number of rotatable bonds is 5. The van der Waals surface area contributed by atoms with E-state index in [0.29, 0.717) is 19.8 Å². The number of amides is 1. The molecule has 2 aliphatic heterocycles. The van der Waals surface area contributed by atoms with Crippen LogP contribution >= 0.6 is 0 Å². The van der Waals surface area contributed by atoms with Gasteiger partial charge in [-0.25, -0.2) is 4.39 Å². The lowest BCUT2D eigenvalue weighted by Crippen LogP contribution is -2.38. The van der Waals surface area contributed by atoms with E-state index >= 15 is 0 Å². The molecule has 2 aromatic rings. The van der Waals surface area contributed by atoms with Gasteiger partial charge in [0.1, 0.15) is 5.82 Å². The third kappa shape index (κ3) is 4.70. The number of carbonyl (C=O) groups is 1. The molecule has 0 aliphatic carbocycles. The SMILES string of the molecule is C[C@H](NC(=O)CN1CCC[C@H]1c1ccc2c(c1)OCCCO2)c1ccc(F)cc1. The fourth-order valence-corrected chi connectivity index (χ4v) is 4.09. The highest BCUT2D eigenvalue weighted by molar-refractivity contribution is 5.78. The number of likely N-dealkylation sites (tertiary alicyclic amines) is 1. The molecule has 1 N–H and O–H groups in total. The van der Waals surface area contributed by atoms with E-state index in [1.165, 1.54) is 12.1 Å². The molecule has 0 unspecified atom stereocenters. The van der Waals surface area contributed by atoms with Crippen LogP contribution in [-0.4, -0.2) is 37.1 Å². The van der Waals surface area contributed by atoms with Crippen LogP contribution in [0.1, 0.15) is 49.4 Å². The van der Waals surface area contributed by atoms with Gasteiger partial charge in [-0.15, -0.1) is 0 Å². The molecule has 1 saturated heterocycles. The first-order valence-electron chi connectivity index (χ1n) is 10.3. The molecule has 154 valence electrons. The van der Waals surface area contributed by atoms with Crippen molar-refractivity contribution in [1.29, 1.82) is 0 Å². The largest absolute Gasteiger partial charge is 0.490 e. The molecule has 2 heterocycles. The minimum absolute atomic E-state index is 0.0249. The second kappa shape index (κ2) is 8.82. The normalized spacial score (nSPS) is 20.1. The maximum Gasteiger partial charge on any atom is 0.234 e. The standard InChI is InChI=1S/C23H27FN2O3/c1-16(17-5-8-19(24)9-6-17)25-23(27)15-26-11-2-4-20(26)18-7-10-21-22(14-18)29-13-3-12-28-21/h5-10,14,16,20H,2-4,11-13,15H2,1H3,(H,25,27)/t16-,20-/m0/s1. The zero-order valence-electron chi connectivity index (χ0n) is 16.7. The van der Waals surface area contributed by atoms with E-state index in [-0.39, 0.29) is 23.8 Å². The summed E-state index contributed by atoms with van der Waals surface area (Å²) in [6.07, 6.45) is 2.95. The van der Waals surface area contributed by atoms with Gasteiger partial charge < -0.3 is 14.8 Å². The lowest BCUT2D eigenvalue weighted by Gasteiger charge is -2.25. The second-order valence-electron chi connectivity index (χ2n) is 7.73. The summed E-state index contributed by atoms with van der Waals surface area (Å²) >= 11 is 0. The summed E-state index contributed by atoms with van der Waals surface area (Å²) in [6, 6.07) is 12.4. The van der Waals surface area contributed by atoms with Gasteiger partial charge >= 0.3 is 0 Å². The molecule has 0 bridgehead atoms. The van der Waals surface area contributed by atoms with Crippen LogP contribution in [0.15, 0.2) is 42.5 Å². The van der Waals surface area contributed by atoms with Gasteiger partial charge in [-0.1, -0.05) is 18.2 Å². The van der Waals surface area contributed by atoms with E-state index in [9.17, 15) is 9.18 Å². The van der Waals surface area contributed by atoms with Crippen LogP contribution in [0.3, 0.4) is 0 Å². The molecule has 0 radical (unpaired) electrons. The first kappa shape index (κ1) is 19.7. The first-order chi connectivity index (χ1) is 14.1. The molecular formula is C23H27FN2O3. The average Bonchev–Trinajstić information content (AvgIpc) is 3.03. The van der Waals surface area contributed by atoms with E-state index < -0.39 is 0 Å². The summed E-state index contributed by atoms with van der Waals surface area (Å²) < 4.78 is 24.7. The minimum atomic E-state index is -0.276. The molecule has 2 aromatic carbocycles. The van der Waals surface area contributed by atoms with Crippen molar-refractivity contribution in [2.24, 2.45) is 0 Å². The van der Waals surface area contributed by atoms with Crippen molar-refractivity contribution in [3.05, 3.63) is 59.4 Å². The summed E-state index contributed by atoms with van der Waals surface area (Å²) in [5.74, 6) is 1.29. The molecular weight excluding hydrogens is 371 g/mol. The Labute approximate surface area is 170 Å². The Morgan fingerprint density at radius 2 is 1.90 bits per heavy atom. The van der Waals surface area contributed by atoms with Gasteiger partial charge in [0, 0.05) is 12.5 Å². The summed E-state index contributed by atoms with van der Waals surface area (Å²) in [7, 11) is 0. The maximum absolute atomic E-state index is 13.1. The van der Waals surface area contributed by atoms with Crippen LogP contribution in [0.25, 0.3) is 0 Å². The van der Waals surface area contributed by atoms with E-state index in [4.69, 9.17) is 9.47 Å². The van der Waals surface area contributed by atoms with Gasteiger partial charge in [0.05, 0.1) is 25.8 Å². The van der Waals surface area contributed by atoms with Crippen molar-refractivity contribution in [1.82, 2.24) is 10.2 Å². The lowest BCUT2D eigenvalue weighted by molar-refractivity contribution is -0.123. The van der Waals surface area contributed by atoms with Crippen molar-refractivity contribution in [2.75, 3.05) is 26.3 Å². The summed E-state index contributed by atoms with van der Waals surface area (Å²) in [5, 5.41) is 3.02. The number of benzene rings is 2. The van der Waals surface area contributed by atoms with Crippen molar-refractivity contribution < 1.29 is 18.7 Å². The number of hydrogen-bond donors (Lipinski definition) is 1. The molecule has 4 rings (SSSR count). The molecule has 29 heavy (non-hydrogen) atoms. The Morgan fingerprint density at radius 3 is 2.69 bits per heavy atom. The van der Waals surface area contributed by atoms with E-state index in [2.05, 4.69) is 22.3 Å². The fraction of sp³-hybridized carbons (Fsp3) is 0.435. The molecule has 1 fully saturated rings. The quantitative estimate of drug-likeness (QED) is 0.827. The Morgan fingerprint density at radius 1 is 1.14 bits per heavy atom. The minimum Gasteiger partial charge on any atom is -0.490 e. The number of nitrogens with zero attached hydrogens (tertiary/aromatic N) is 1. The number of nitrogens with one attached hydrogen (secondary N) is 1. The molecule has 5 nitrogen and oxygen atoms in total. The predicted octanol–water partition coefficient (Wildman–Crippen LogP) is 4.00. The van der Waals surface area contributed by atoms with Crippen LogP contribution in [0.2, 0.25) is 0 Å². The maximum atomic E-state index is 13.1. The Kier molecular flexibility index (Phi) is 6.00. The van der Waals surface area contributed by atoms with E-state index in [1.54, 1.807) is 12.1 Å². The van der Waals surface area contributed by atoms with Crippen molar-refractivity contribution in [3.63, 3.8) is 0 Å². The van der Waals surface area contributed by atoms with Crippen molar-refractivity contribution in [2.45, 2.75) is 38.3 Å².